The van der Waals surface area contributed by atoms with Crippen molar-refractivity contribution in [3.8, 4) is 0 Å². The number of benzene rings is 1. The van der Waals surface area contributed by atoms with Crippen molar-refractivity contribution >= 4 is 38.3 Å². The molecule has 0 bridgehead atoms. The monoisotopic (exact) mass is 450 g/mol. The fourth-order valence-corrected chi connectivity index (χ4v) is 6.38. The molecule has 2 fully saturated rings. The maximum atomic E-state index is 13.3. The van der Waals surface area contributed by atoms with Crippen molar-refractivity contribution < 1.29 is 13.2 Å². The Balaban J connectivity index is 1.40. The zero-order valence-corrected chi connectivity index (χ0v) is 18.5. The molecule has 4 rings (SSSR count). The normalized spacial score (nSPS) is 21.2. The minimum Gasteiger partial charge on any atom is -0.352 e. The first-order chi connectivity index (χ1) is 14.4. The highest BCUT2D eigenvalue weighted by Gasteiger charge is 2.34. The molecule has 9 heteroatoms. The van der Waals surface area contributed by atoms with Gasteiger partial charge in [-0.15, -0.1) is 0 Å². The molecule has 7 nitrogen and oxygen atoms in total. The molecule has 2 aliphatic rings. The third kappa shape index (κ3) is 4.61. The van der Waals surface area contributed by atoms with Gasteiger partial charge in [0.2, 0.25) is 15.9 Å². The summed E-state index contributed by atoms with van der Waals surface area (Å²) in [5.74, 6) is -0.0101. The zero-order valence-electron chi connectivity index (χ0n) is 16.9. The van der Waals surface area contributed by atoms with Crippen LogP contribution >= 0.6 is 11.6 Å². The second kappa shape index (κ2) is 9.18. The molecule has 1 aromatic carbocycles. The maximum Gasteiger partial charge on any atom is 0.243 e. The van der Waals surface area contributed by atoms with Gasteiger partial charge in [-0.05, 0) is 38.4 Å². The number of fused-ring (bicyclic) bond motifs is 1. The Morgan fingerprint density at radius 3 is 2.77 bits per heavy atom. The van der Waals surface area contributed by atoms with E-state index in [1.807, 2.05) is 0 Å². The molecule has 2 aliphatic heterocycles. The number of carbonyl (C=O) groups excluding carboxylic acids is 1. The van der Waals surface area contributed by atoms with E-state index >= 15 is 0 Å². The molecule has 1 amide bonds. The molecule has 1 aromatic heterocycles. The Labute approximate surface area is 182 Å². The van der Waals surface area contributed by atoms with Gasteiger partial charge in [0.05, 0.1) is 9.92 Å². The number of likely N-dealkylation sites (tertiary alicyclic amines) is 1. The van der Waals surface area contributed by atoms with Crippen LogP contribution in [-0.4, -0.2) is 67.3 Å². The average Bonchev–Trinajstić information content (AvgIpc) is 3.22. The molecule has 0 unspecified atom stereocenters. The number of amides is 1. The number of carbonyl (C=O) groups is 1. The largest absolute Gasteiger partial charge is 0.352 e. The summed E-state index contributed by atoms with van der Waals surface area (Å²) in [7, 11) is -3.72. The first-order valence-corrected chi connectivity index (χ1v) is 12.3. The number of nitrogens with one attached hydrogen (secondary N) is 1. The number of aromatic nitrogens is 1. The second-order valence-electron chi connectivity index (χ2n) is 8.04. The van der Waals surface area contributed by atoms with Crippen molar-refractivity contribution in [3.05, 3.63) is 35.6 Å². The van der Waals surface area contributed by atoms with E-state index in [0.717, 1.165) is 19.6 Å². The lowest BCUT2D eigenvalue weighted by atomic mass is 10.1. The highest BCUT2D eigenvalue weighted by Crippen LogP contribution is 2.32. The van der Waals surface area contributed by atoms with Crippen LogP contribution in [0.2, 0.25) is 5.02 Å². The predicted molar refractivity (Wildman–Crippen MR) is 117 cm³/mol. The minimum absolute atomic E-state index is 0.0101. The zero-order chi connectivity index (χ0) is 21.1. The van der Waals surface area contributed by atoms with Gasteiger partial charge in [0.1, 0.15) is 0 Å². The standard InChI is InChI=1S/C21H27ClN4O3S/c22-18-14-23-13-16-5-4-6-19(21(16)18)30(28,29)26-12-7-17(15-26)24-20(27)8-11-25-9-2-1-3-10-25/h4-6,13-14,17H,1-3,7-12,15H2,(H,24,27)/t17-/m0/s1. The maximum absolute atomic E-state index is 13.3. The highest BCUT2D eigenvalue weighted by molar-refractivity contribution is 7.89. The van der Waals surface area contributed by atoms with Crippen molar-refractivity contribution in [1.29, 1.82) is 0 Å². The lowest BCUT2D eigenvalue weighted by Gasteiger charge is -2.26. The Bertz CT molecular complexity index is 1020. The molecule has 0 spiro atoms. The van der Waals surface area contributed by atoms with Gasteiger partial charge in [-0.2, -0.15) is 4.31 Å². The number of piperidine rings is 1. The van der Waals surface area contributed by atoms with Crippen molar-refractivity contribution in [2.24, 2.45) is 0 Å². The van der Waals surface area contributed by atoms with E-state index in [4.69, 9.17) is 11.6 Å². The van der Waals surface area contributed by atoms with Gasteiger partial charge in [-0.3, -0.25) is 9.78 Å². The van der Waals surface area contributed by atoms with E-state index in [1.165, 1.54) is 29.8 Å². The van der Waals surface area contributed by atoms with Gasteiger partial charge in [0, 0.05) is 55.3 Å². The summed E-state index contributed by atoms with van der Waals surface area (Å²) >= 11 is 6.26. The van der Waals surface area contributed by atoms with Crippen LogP contribution in [0.1, 0.15) is 32.1 Å². The Kier molecular flexibility index (Phi) is 6.57. The Morgan fingerprint density at radius 1 is 1.17 bits per heavy atom. The van der Waals surface area contributed by atoms with E-state index < -0.39 is 10.0 Å². The third-order valence-electron chi connectivity index (χ3n) is 5.94. The van der Waals surface area contributed by atoms with Crippen LogP contribution in [0.3, 0.4) is 0 Å². The number of rotatable bonds is 6. The summed E-state index contributed by atoms with van der Waals surface area (Å²) in [5, 5.41) is 4.50. The Morgan fingerprint density at radius 2 is 1.97 bits per heavy atom. The summed E-state index contributed by atoms with van der Waals surface area (Å²) < 4.78 is 28.0. The molecule has 0 radical (unpaired) electrons. The molecular weight excluding hydrogens is 424 g/mol. The van der Waals surface area contributed by atoms with Gasteiger partial charge < -0.3 is 10.2 Å². The lowest BCUT2D eigenvalue weighted by molar-refractivity contribution is -0.122. The van der Waals surface area contributed by atoms with E-state index in [9.17, 15) is 13.2 Å². The van der Waals surface area contributed by atoms with Crippen LogP contribution < -0.4 is 5.32 Å². The number of nitrogens with zero attached hydrogens (tertiary/aromatic N) is 3. The number of sulfonamides is 1. The first kappa shape index (κ1) is 21.5. The predicted octanol–water partition coefficient (Wildman–Crippen LogP) is 2.64. The molecule has 1 atom stereocenters. The van der Waals surface area contributed by atoms with Gasteiger partial charge in [0.25, 0.3) is 0 Å². The van der Waals surface area contributed by atoms with Crippen LogP contribution in [0.15, 0.2) is 35.5 Å². The molecule has 0 saturated carbocycles. The lowest BCUT2D eigenvalue weighted by Crippen LogP contribution is -2.40. The van der Waals surface area contributed by atoms with Gasteiger partial charge in [-0.1, -0.05) is 30.2 Å². The van der Waals surface area contributed by atoms with E-state index in [0.29, 0.717) is 35.2 Å². The summed E-state index contributed by atoms with van der Waals surface area (Å²) in [4.78, 5) is 18.9. The second-order valence-corrected chi connectivity index (χ2v) is 10.4. The van der Waals surface area contributed by atoms with Crippen molar-refractivity contribution in [1.82, 2.24) is 19.5 Å². The van der Waals surface area contributed by atoms with E-state index in [-0.39, 0.29) is 23.4 Å². The fraction of sp³-hybridized carbons (Fsp3) is 0.524. The van der Waals surface area contributed by atoms with Gasteiger partial charge >= 0.3 is 0 Å². The quantitative estimate of drug-likeness (QED) is 0.731. The third-order valence-corrected chi connectivity index (χ3v) is 8.13. The molecule has 2 aromatic rings. The van der Waals surface area contributed by atoms with Crippen molar-refractivity contribution in [2.75, 3.05) is 32.7 Å². The summed E-state index contributed by atoms with van der Waals surface area (Å²) in [6.07, 6.45) is 7.79. The van der Waals surface area contributed by atoms with Gasteiger partial charge in [0.15, 0.2) is 0 Å². The average molecular weight is 451 g/mol. The summed E-state index contributed by atoms with van der Waals surface area (Å²) in [6.45, 7) is 3.54. The summed E-state index contributed by atoms with van der Waals surface area (Å²) in [5.41, 5.74) is 0. The fourth-order valence-electron chi connectivity index (χ4n) is 4.32. The highest BCUT2D eigenvalue weighted by atomic mass is 35.5. The van der Waals surface area contributed by atoms with Crippen LogP contribution in [0.5, 0.6) is 0 Å². The van der Waals surface area contributed by atoms with Crippen molar-refractivity contribution in [2.45, 2.75) is 43.0 Å². The number of pyridine rings is 1. The molecule has 162 valence electrons. The topological polar surface area (TPSA) is 82.6 Å². The van der Waals surface area contributed by atoms with Gasteiger partial charge in [-0.25, -0.2) is 8.42 Å². The van der Waals surface area contributed by atoms with Crippen LogP contribution in [0.25, 0.3) is 10.8 Å². The SMILES string of the molecule is O=C(CCN1CCCCC1)N[C@H]1CCN(S(=O)(=O)c2cccc3cncc(Cl)c23)C1. The Hall–Kier alpha value is -1.74. The van der Waals surface area contributed by atoms with E-state index in [2.05, 4.69) is 15.2 Å². The van der Waals surface area contributed by atoms with Crippen LogP contribution in [0.4, 0.5) is 0 Å². The number of halogens is 1. The minimum atomic E-state index is -3.72. The molecule has 3 heterocycles. The summed E-state index contributed by atoms with van der Waals surface area (Å²) in [6, 6.07) is 4.90. The first-order valence-electron chi connectivity index (χ1n) is 10.5. The van der Waals surface area contributed by atoms with E-state index in [1.54, 1.807) is 24.4 Å². The smallest absolute Gasteiger partial charge is 0.243 e. The van der Waals surface area contributed by atoms with Crippen molar-refractivity contribution in [3.63, 3.8) is 0 Å². The molecule has 30 heavy (non-hydrogen) atoms. The molecule has 2 saturated heterocycles. The van der Waals surface area contributed by atoms with Crippen LogP contribution in [0, 0.1) is 0 Å². The number of hydrogen-bond donors (Lipinski definition) is 1. The number of hydrogen-bond acceptors (Lipinski definition) is 5. The molecular formula is C21H27ClN4O3S. The molecule has 1 N–H and O–H groups in total. The molecule has 0 aliphatic carbocycles. The van der Waals surface area contributed by atoms with Crippen LogP contribution in [-0.2, 0) is 14.8 Å².